The van der Waals surface area contributed by atoms with Crippen molar-refractivity contribution >= 4 is 23.3 Å². The van der Waals surface area contributed by atoms with Crippen LogP contribution in [0.1, 0.15) is 13.8 Å². The normalized spacial score (nSPS) is 17.2. The molecule has 0 radical (unpaired) electrons. The maximum atomic E-state index is 12.8. The maximum absolute atomic E-state index is 12.8. The highest BCUT2D eigenvalue weighted by atomic mass is 16.5. The monoisotopic (exact) mass is 353 g/mol. The maximum Gasteiger partial charge on any atom is 0.322 e. The van der Waals surface area contributed by atoms with Gasteiger partial charge >= 0.3 is 6.03 Å². The van der Waals surface area contributed by atoms with Gasteiger partial charge in [-0.25, -0.2) is 4.79 Å². The van der Waals surface area contributed by atoms with Crippen molar-refractivity contribution in [3.8, 4) is 5.75 Å². The molecule has 2 aromatic rings. The Kier molecular flexibility index (Phi) is 5.41. The lowest BCUT2D eigenvalue weighted by Gasteiger charge is -2.39. The smallest absolute Gasteiger partial charge is 0.322 e. The lowest BCUT2D eigenvalue weighted by Crippen LogP contribution is -2.58. The van der Waals surface area contributed by atoms with Crippen molar-refractivity contribution in [1.82, 2.24) is 4.90 Å². The van der Waals surface area contributed by atoms with Gasteiger partial charge in [0.05, 0.1) is 6.61 Å². The molecule has 0 aliphatic carbocycles. The third-order valence-corrected chi connectivity index (χ3v) is 4.38. The Morgan fingerprint density at radius 2 is 1.92 bits per heavy atom. The van der Waals surface area contributed by atoms with Crippen molar-refractivity contribution in [2.45, 2.75) is 19.9 Å². The summed E-state index contributed by atoms with van der Waals surface area (Å²) in [4.78, 5) is 28.6. The molecular weight excluding hydrogens is 330 g/mol. The van der Waals surface area contributed by atoms with Gasteiger partial charge < -0.3 is 19.9 Å². The zero-order valence-electron chi connectivity index (χ0n) is 15.0. The molecule has 1 N–H and O–H groups in total. The zero-order valence-corrected chi connectivity index (χ0v) is 15.0. The van der Waals surface area contributed by atoms with Crippen LogP contribution in [0.5, 0.6) is 5.75 Å². The molecule has 0 bridgehead atoms. The van der Waals surface area contributed by atoms with E-state index < -0.39 is 6.04 Å². The number of benzene rings is 2. The summed E-state index contributed by atoms with van der Waals surface area (Å²) in [6.07, 6.45) is 0. The summed E-state index contributed by atoms with van der Waals surface area (Å²) < 4.78 is 5.51. The predicted octanol–water partition coefficient (Wildman–Crippen LogP) is 3.35. The Bertz CT molecular complexity index is 779. The summed E-state index contributed by atoms with van der Waals surface area (Å²) in [6.45, 7) is 5.15. The minimum atomic E-state index is -0.539. The van der Waals surface area contributed by atoms with E-state index in [9.17, 15) is 9.59 Å². The lowest BCUT2D eigenvalue weighted by atomic mass is 10.1. The van der Waals surface area contributed by atoms with Gasteiger partial charge in [0.2, 0.25) is 5.91 Å². The molecule has 1 aliphatic rings. The highest BCUT2D eigenvalue weighted by molar-refractivity contribution is 6.01. The Morgan fingerprint density at radius 1 is 1.15 bits per heavy atom. The van der Waals surface area contributed by atoms with Crippen molar-refractivity contribution in [3.05, 3.63) is 54.6 Å². The fourth-order valence-corrected chi connectivity index (χ4v) is 3.03. The molecular formula is C20H23N3O3. The van der Waals surface area contributed by atoms with E-state index in [1.54, 1.807) is 16.7 Å². The molecule has 6 heteroatoms. The number of carbonyl (C=O) groups excluding carboxylic acids is 2. The van der Waals surface area contributed by atoms with Crippen molar-refractivity contribution in [1.29, 1.82) is 0 Å². The van der Waals surface area contributed by atoms with E-state index in [4.69, 9.17) is 4.74 Å². The van der Waals surface area contributed by atoms with Crippen molar-refractivity contribution in [2.24, 2.45) is 0 Å². The van der Waals surface area contributed by atoms with Crippen LogP contribution in [0.15, 0.2) is 54.6 Å². The third-order valence-electron chi connectivity index (χ3n) is 4.38. The summed E-state index contributed by atoms with van der Waals surface area (Å²) in [5.74, 6) is 0.628. The van der Waals surface area contributed by atoms with Crippen LogP contribution < -0.4 is 15.0 Å². The van der Waals surface area contributed by atoms with Crippen molar-refractivity contribution in [2.75, 3.05) is 29.9 Å². The number of carbonyl (C=O) groups is 2. The lowest BCUT2D eigenvalue weighted by molar-refractivity contribution is -0.123. The second-order valence-electron chi connectivity index (χ2n) is 6.09. The first-order valence-electron chi connectivity index (χ1n) is 8.77. The van der Waals surface area contributed by atoms with E-state index in [-0.39, 0.29) is 11.9 Å². The average molecular weight is 353 g/mol. The molecule has 0 saturated carbocycles. The predicted molar refractivity (Wildman–Crippen MR) is 102 cm³/mol. The van der Waals surface area contributed by atoms with Crippen LogP contribution in [0.2, 0.25) is 0 Å². The number of para-hydroxylation sites is 1. The van der Waals surface area contributed by atoms with Gasteiger partial charge in [0.15, 0.2) is 0 Å². The van der Waals surface area contributed by atoms with Crippen molar-refractivity contribution in [3.63, 3.8) is 0 Å². The molecule has 2 aromatic carbocycles. The number of rotatable bonds is 4. The fourth-order valence-electron chi connectivity index (χ4n) is 3.03. The quantitative estimate of drug-likeness (QED) is 0.917. The van der Waals surface area contributed by atoms with Gasteiger partial charge in [0.25, 0.3) is 0 Å². The average Bonchev–Trinajstić information content (AvgIpc) is 2.65. The minimum absolute atomic E-state index is 0.104. The molecule has 136 valence electrons. The van der Waals surface area contributed by atoms with Crippen LogP contribution in [0, 0.1) is 0 Å². The number of nitrogens with zero attached hydrogens (tertiary/aromatic N) is 2. The van der Waals surface area contributed by atoms with Gasteiger partial charge in [0.1, 0.15) is 11.8 Å². The van der Waals surface area contributed by atoms with Crippen LogP contribution in [0.3, 0.4) is 0 Å². The minimum Gasteiger partial charge on any atom is -0.494 e. The van der Waals surface area contributed by atoms with Crippen LogP contribution >= 0.6 is 0 Å². The summed E-state index contributed by atoms with van der Waals surface area (Å²) >= 11 is 0. The molecule has 1 atom stereocenters. The van der Waals surface area contributed by atoms with E-state index in [2.05, 4.69) is 5.32 Å². The highest BCUT2D eigenvalue weighted by Crippen LogP contribution is 2.25. The van der Waals surface area contributed by atoms with E-state index in [1.165, 1.54) is 0 Å². The Hall–Kier alpha value is -3.02. The molecule has 1 unspecified atom stereocenters. The number of ether oxygens (including phenoxy) is 1. The SMILES string of the molecule is CCOc1cccc(N2CCN(C(=O)Nc3ccccc3)C(C)C2=O)c1. The molecule has 1 aliphatic heterocycles. The first kappa shape index (κ1) is 17.8. The fraction of sp³-hybridized carbons (Fsp3) is 0.300. The zero-order chi connectivity index (χ0) is 18.5. The van der Waals surface area contributed by atoms with Crippen LogP contribution in [-0.4, -0.2) is 42.6 Å². The van der Waals surface area contributed by atoms with Gasteiger partial charge in [-0.1, -0.05) is 24.3 Å². The molecule has 1 saturated heterocycles. The highest BCUT2D eigenvalue weighted by Gasteiger charge is 2.35. The number of piperazine rings is 1. The molecule has 1 heterocycles. The summed E-state index contributed by atoms with van der Waals surface area (Å²) in [5.41, 5.74) is 1.50. The molecule has 0 spiro atoms. The van der Waals surface area contributed by atoms with Gasteiger partial charge in [-0.3, -0.25) is 4.79 Å². The number of amides is 3. The number of hydrogen-bond acceptors (Lipinski definition) is 3. The van der Waals surface area contributed by atoms with Crippen LogP contribution in [-0.2, 0) is 4.79 Å². The Morgan fingerprint density at radius 3 is 2.65 bits per heavy atom. The van der Waals surface area contributed by atoms with E-state index in [0.717, 1.165) is 11.4 Å². The molecule has 3 amide bonds. The molecule has 0 aromatic heterocycles. The van der Waals surface area contributed by atoms with Crippen LogP contribution in [0.4, 0.5) is 16.2 Å². The Labute approximate surface area is 153 Å². The summed E-state index contributed by atoms with van der Waals surface area (Å²) in [5, 5.41) is 2.84. The largest absolute Gasteiger partial charge is 0.494 e. The van der Waals surface area contributed by atoms with Crippen molar-refractivity contribution < 1.29 is 14.3 Å². The van der Waals surface area contributed by atoms with Gasteiger partial charge in [-0.05, 0) is 38.1 Å². The van der Waals surface area contributed by atoms with E-state index >= 15 is 0 Å². The second kappa shape index (κ2) is 7.91. The van der Waals surface area contributed by atoms with Crippen LogP contribution in [0.25, 0.3) is 0 Å². The molecule has 3 rings (SSSR count). The van der Waals surface area contributed by atoms with Gasteiger partial charge in [-0.2, -0.15) is 0 Å². The van der Waals surface area contributed by atoms with E-state index in [1.807, 2.05) is 61.5 Å². The first-order valence-corrected chi connectivity index (χ1v) is 8.77. The molecule has 6 nitrogen and oxygen atoms in total. The van der Waals surface area contributed by atoms with E-state index in [0.29, 0.717) is 25.4 Å². The topological polar surface area (TPSA) is 61.9 Å². The number of urea groups is 1. The second-order valence-corrected chi connectivity index (χ2v) is 6.09. The number of nitrogens with one attached hydrogen (secondary N) is 1. The van der Waals surface area contributed by atoms with Gasteiger partial charge in [0, 0.05) is 30.5 Å². The summed E-state index contributed by atoms with van der Waals surface area (Å²) in [6, 6.07) is 15.9. The number of anilines is 2. The Balaban J connectivity index is 1.70. The standard InChI is InChI=1S/C20H23N3O3/c1-3-26-18-11-7-10-17(14-18)23-13-12-22(15(2)19(23)24)20(25)21-16-8-5-4-6-9-16/h4-11,14-15H,3,12-13H2,1-2H3,(H,21,25). The van der Waals surface area contributed by atoms with Gasteiger partial charge in [-0.15, -0.1) is 0 Å². The molecule has 1 fully saturated rings. The number of hydrogen-bond donors (Lipinski definition) is 1. The third kappa shape index (κ3) is 3.79. The first-order chi connectivity index (χ1) is 12.6. The summed E-state index contributed by atoms with van der Waals surface area (Å²) in [7, 11) is 0. The molecule has 26 heavy (non-hydrogen) atoms.